The van der Waals surface area contributed by atoms with E-state index in [4.69, 9.17) is 27.9 Å². The molecule has 0 aliphatic heterocycles. The van der Waals surface area contributed by atoms with Crippen LogP contribution in [0.5, 0.6) is 5.75 Å². The number of benzene rings is 2. The molecule has 5 nitrogen and oxygen atoms in total. The van der Waals surface area contributed by atoms with Crippen LogP contribution in [0.4, 0.5) is 0 Å². The predicted molar refractivity (Wildman–Crippen MR) is 116 cm³/mol. The van der Waals surface area contributed by atoms with Gasteiger partial charge in [-0.05, 0) is 48.7 Å². The number of hydrogen-bond donors (Lipinski definition) is 1. The second-order valence-corrected chi connectivity index (χ2v) is 8.01. The topological polar surface area (TPSA) is 58.6 Å². The van der Waals surface area contributed by atoms with Gasteiger partial charge in [-0.2, -0.15) is 0 Å². The van der Waals surface area contributed by atoms with Crippen molar-refractivity contribution in [2.45, 2.75) is 33.4 Å². The number of nitrogens with zero attached hydrogens (tertiary/aromatic N) is 1. The molecule has 1 atom stereocenters. The van der Waals surface area contributed by atoms with Crippen LogP contribution >= 0.6 is 23.2 Å². The van der Waals surface area contributed by atoms with E-state index >= 15 is 0 Å². The molecular weight excluding hydrogens is 411 g/mol. The van der Waals surface area contributed by atoms with Gasteiger partial charge in [-0.3, -0.25) is 9.59 Å². The third kappa shape index (κ3) is 7.26. The molecule has 0 saturated heterocycles. The zero-order valence-electron chi connectivity index (χ0n) is 16.8. The molecule has 0 bridgehead atoms. The van der Waals surface area contributed by atoms with E-state index in [-0.39, 0.29) is 25.0 Å². The molecule has 0 fully saturated rings. The van der Waals surface area contributed by atoms with Crippen LogP contribution < -0.4 is 10.1 Å². The van der Waals surface area contributed by atoms with Crippen LogP contribution in [0.25, 0.3) is 0 Å². The quantitative estimate of drug-likeness (QED) is 0.626. The summed E-state index contributed by atoms with van der Waals surface area (Å²) in [4.78, 5) is 27.0. The molecule has 2 rings (SSSR count). The Morgan fingerprint density at radius 2 is 1.69 bits per heavy atom. The zero-order chi connectivity index (χ0) is 21.4. The molecule has 7 heteroatoms. The first-order valence-corrected chi connectivity index (χ1v) is 10.2. The van der Waals surface area contributed by atoms with E-state index in [9.17, 15) is 9.59 Å². The average molecular weight is 437 g/mol. The Hall–Kier alpha value is -2.24. The van der Waals surface area contributed by atoms with E-state index in [0.29, 0.717) is 28.3 Å². The van der Waals surface area contributed by atoms with Crippen molar-refractivity contribution in [3.63, 3.8) is 0 Å². The minimum Gasteiger partial charge on any atom is -0.484 e. The molecule has 156 valence electrons. The maximum absolute atomic E-state index is 12.9. The molecule has 0 heterocycles. The summed E-state index contributed by atoms with van der Waals surface area (Å²) in [6, 6.07) is 13.3. The summed E-state index contributed by atoms with van der Waals surface area (Å²) in [5.74, 6) is 0.308. The highest BCUT2D eigenvalue weighted by Crippen LogP contribution is 2.20. The lowest BCUT2D eigenvalue weighted by molar-refractivity contribution is -0.142. The summed E-state index contributed by atoms with van der Waals surface area (Å²) in [5, 5.41) is 4.00. The Kier molecular flexibility index (Phi) is 8.80. The van der Waals surface area contributed by atoms with Crippen molar-refractivity contribution in [3.05, 3.63) is 64.1 Å². The maximum Gasteiger partial charge on any atom is 0.261 e. The van der Waals surface area contributed by atoms with E-state index in [0.717, 1.165) is 5.56 Å². The number of rotatable bonds is 9. The number of amides is 2. The van der Waals surface area contributed by atoms with Gasteiger partial charge in [0.25, 0.3) is 5.91 Å². The van der Waals surface area contributed by atoms with Gasteiger partial charge in [0, 0.05) is 23.1 Å². The molecule has 0 aliphatic carbocycles. The first-order chi connectivity index (χ1) is 13.8. The van der Waals surface area contributed by atoms with Crippen molar-refractivity contribution < 1.29 is 14.3 Å². The fourth-order valence-corrected chi connectivity index (χ4v) is 2.93. The molecular formula is C22H26Cl2N2O3. The summed E-state index contributed by atoms with van der Waals surface area (Å²) in [6.07, 6.45) is 0. The third-order valence-electron chi connectivity index (χ3n) is 4.33. The number of nitrogens with one attached hydrogen (secondary N) is 1. The smallest absolute Gasteiger partial charge is 0.261 e. The Morgan fingerprint density at radius 1 is 1.03 bits per heavy atom. The monoisotopic (exact) mass is 436 g/mol. The standard InChI is InChI=1S/C22H26Cl2N2O3/c1-15(2)12-25-22(28)16(3)26(13-17-6-4-5-7-20(17)24)21(27)14-29-19-10-8-18(23)9-11-19/h4-11,15-16H,12-14H2,1-3H3,(H,25,28). The average Bonchev–Trinajstić information content (AvgIpc) is 2.70. The van der Waals surface area contributed by atoms with E-state index in [1.165, 1.54) is 4.90 Å². The molecule has 0 spiro atoms. The van der Waals surface area contributed by atoms with Gasteiger partial charge in [-0.15, -0.1) is 0 Å². The van der Waals surface area contributed by atoms with Gasteiger partial charge < -0.3 is 15.0 Å². The molecule has 2 aromatic rings. The van der Waals surface area contributed by atoms with Gasteiger partial charge in [-0.1, -0.05) is 55.2 Å². The number of ether oxygens (including phenoxy) is 1. The largest absolute Gasteiger partial charge is 0.484 e. The van der Waals surface area contributed by atoms with Gasteiger partial charge in [0.15, 0.2) is 6.61 Å². The molecule has 0 radical (unpaired) electrons. The number of carbonyl (C=O) groups is 2. The summed E-state index contributed by atoms with van der Waals surface area (Å²) in [6.45, 7) is 6.27. The van der Waals surface area contributed by atoms with E-state index < -0.39 is 6.04 Å². The van der Waals surface area contributed by atoms with Gasteiger partial charge in [-0.25, -0.2) is 0 Å². The fraction of sp³-hybridized carbons (Fsp3) is 0.364. The Labute approximate surface area is 181 Å². The van der Waals surface area contributed by atoms with E-state index in [1.54, 1.807) is 37.3 Å². The summed E-state index contributed by atoms with van der Waals surface area (Å²) < 4.78 is 5.59. The third-order valence-corrected chi connectivity index (χ3v) is 4.95. The molecule has 0 saturated carbocycles. The second-order valence-electron chi connectivity index (χ2n) is 7.17. The van der Waals surface area contributed by atoms with Crippen LogP contribution in [0.3, 0.4) is 0 Å². The molecule has 29 heavy (non-hydrogen) atoms. The summed E-state index contributed by atoms with van der Waals surface area (Å²) >= 11 is 12.1. The van der Waals surface area contributed by atoms with Gasteiger partial charge >= 0.3 is 0 Å². The Morgan fingerprint density at radius 3 is 2.31 bits per heavy atom. The van der Waals surface area contributed by atoms with Gasteiger partial charge in [0.2, 0.25) is 5.91 Å². The Bertz CT molecular complexity index is 825. The predicted octanol–water partition coefficient (Wildman–Crippen LogP) is 4.56. The van der Waals surface area contributed by atoms with Crippen molar-refractivity contribution in [1.29, 1.82) is 0 Å². The number of hydrogen-bond acceptors (Lipinski definition) is 3. The van der Waals surface area contributed by atoms with Crippen LogP contribution in [-0.2, 0) is 16.1 Å². The minimum absolute atomic E-state index is 0.201. The molecule has 0 aromatic heterocycles. The van der Waals surface area contributed by atoms with Crippen molar-refractivity contribution in [2.24, 2.45) is 5.92 Å². The summed E-state index contributed by atoms with van der Waals surface area (Å²) in [5.41, 5.74) is 0.762. The molecule has 2 aromatic carbocycles. The highest BCUT2D eigenvalue weighted by molar-refractivity contribution is 6.31. The van der Waals surface area contributed by atoms with E-state index in [2.05, 4.69) is 5.32 Å². The van der Waals surface area contributed by atoms with Crippen LogP contribution in [0, 0.1) is 5.92 Å². The van der Waals surface area contributed by atoms with Crippen molar-refractivity contribution >= 4 is 35.0 Å². The number of carbonyl (C=O) groups excluding carboxylic acids is 2. The minimum atomic E-state index is -0.675. The van der Waals surface area contributed by atoms with Gasteiger partial charge in [0.05, 0.1) is 0 Å². The molecule has 2 amide bonds. The van der Waals surface area contributed by atoms with Gasteiger partial charge in [0.1, 0.15) is 11.8 Å². The lowest BCUT2D eigenvalue weighted by atomic mass is 10.1. The molecule has 0 aliphatic rings. The SMILES string of the molecule is CC(C)CNC(=O)C(C)N(Cc1ccccc1Cl)C(=O)COc1ccc(Cl)cc1. The summed E-state index contributed by atoms with van der Waals surface area (Å²) in [7, 11) is 0. The zero-order valence-corrected chi connectivity index (χ0v) is 18.3. The maximum atomic E-state index is 12.9. The van der Waals surface area contributed by atoms with Crippen LogP contribution in [-0.4, -0.2) is 35.9 Å². The fourth-order valence-electron chi connectivity index (χ4n) is 2.60. The first-order valence-electron chi connectivity index (χ1n) is 9.47. The molecule has 1 N–H and O–H groups in total. The number of halogens is 2. The van der Waals surface area contributed by atoms with E-state index in [1.807, 2.05) is 32.0 Å². The lowest BCUT2D eigenvalue weighted by Crippen LogP contribution is -2.49. The van der Waals surface area contributed by atoms with Crippen molar-refractivity contribution in [2.75, 3.05) is 13.2 Å². The van der Waals surface area contributed by atoms with Crippen LogP contribution in [0.1, 0.15) is 26.3 Å². The first kappa shape index (κ1) is 23.0. The molecule has 1 unspecified atom stereocenters. The lowest BCUT2D eigenvalue weighted by Gasteiger charge is -2.29. The van der Waals surface area contributed by atoms with Crippen molar-refractivity contribution in [3.8, 4) is 5.75 Å². The van der Waals surface area contributed by atoms with Crippen LogP contribution in [0.2, 0.25) is 10.0 Å². The second kappa shape index (κ2) is 11.1. The normalized spacial score (nSPS) is 11.8. The van der Waals surface area contributed by atoms with Crippen molar-refractivity contribution in [1.82, 2.24) is 10.2 Å². The highest BCUT2D eigenvalue weighted by atomic mass is 35.5. The Balaban J connectivity index is 2.13. The highest BCUT2D eigenvalue weighted by Gasteiger charge is 2.27. The van der Waals surface area contributed by atoms with Crippen LogP contribution in [0.15, 0.2) is 48.5 Å².